The zero-order chi connectivity index (χ0) is 22.6. The number of nitrogens with zero attached hydrogens (tertiary/aromatic N) is 1. The summed E-state index contributed by atoms with van der Waals surface area (Å²) in [4.78, 5) is 16.2. The van der Waals surface area contributed by atoms with Crippen LogP contribution in [0, 0.1) is 0 Å². The highest BCUT2D eigenvalue weighted by atomic mass is 35.5. The Balaban J connectivity index is 1.63. The molecule has 0 aliphatic rings. The third-order valence-corrected chi connectivity index (χ3v) is 4.27. The maximum absolute atomic E-state index is 12.9. The molecule has 2 amide bonds. The van der Waals surface area contributed by atoms with E-state index in [1.807, 2.05) is 0 Å². The Kier molecular flexibility index (Phi) is 6.36. The minimum atomic E-state index is -4.63. The van der Waals surface area contributed by atoms with Crippen LogP contribution in [0.1, 0.15) is 11.3 Å². The summed E-state index contributed by atoms with van der Waals surface area (Å²) in [5, 5.41) is 4.40. The van der Waals surface area contributed by atoms with Crippen LogP contribution in [-0.4, -0.2) is 11.0 Å². The normalized spacial score (nSPS) is 11.0. The van der Waals surface area contributed by atoms with Crippen molar-refractivity contribution in [3.05, 3.63) is 83.7 Å². The Hall–Kier alpha value is -3.72. The van der Waals surface area contributed by atoms with Gasteiger partial charge < -0.3 is 21.1 Å². The number of carbonyl (C=O) groups excluding carboxylic acids is 1. The van der Waals surface area contributed by atoms with E-state index in [0.717, 1.165) is 12.1 Å². The first-order chi connectivity index (χ1) is 14.6. The molecule has 31 heavy (non-hydrogen) atoms. The fourth-order valence-electron chi connectivity index (χ4n) is 2.51. The first kappa shape index (κ1) is 22.0. The molecule has 160 valence electrons. The van der Waals surface area contributed by atoms with E-state index in [1.165, 1.54) is 12.3 Å². The van der Waals surface area contributed by atoms with E-state index in [4.69, 9.17) is 22.1 Å². The molecule has 0 unspecified atom stereocenters. The summed E-state index contributed by atoms with van der Waals surface area (Å²) in [6.07, 6.45) is -3.10. The van der Waals surface area contributed by atoms with Crippen LogP contribution in [0.5, 0.6) is 11.5 Å². The number of aromatic nitrogens is 1. The number of nitrogens with two attached hydrogens (primary N) is 1. The first-order valence-electron chi connectivity index (χ1n) is 8.75. The fourth-order valence-corrected chi connectivity index (χ4v) is 2.73. The van der Waals surface area contributed by atoms with E-state index in [9.17, 15) is 18.0 Å². The number of nitrogens with one attached hydrogen (secondary N) is 2. The van der Waals surface area contributed by atoms with Crippen LogP contribution in [0.2, 0.25) is 5.02 Å². The number of carbonyl (C=O) groups is 1. The highest BCUT2D eigenvalue weighted by Gasteiger charge is 2.33. The summed E-state index contributed by atoms with van der Waals surface area (Å²) in [5.41, 5.74) is 5.72. The van der Waals surface area contributed by atoms with Crippen LogP contribution in [0.4, 0.5) is 29.3 Å². The largest absolute Gasteiger partial charge is 0.457 e. The number of hydrogen-bond acceptors (Lipinski definition) is 4. The second-order valence-electron chi connectivity index (χ2n) is 6.30. The van der Waals surface area contributed by atoms with Crippen LogP contribution in [0.3, 0.4) is 0 Å². The van der Waals surface area contributed by atoms with Crippen molar-refractivity contribution >= 4 is 34.7 Å². The van der Waals surface area contributed by atoms with Crippen molar-refractivity contribution < 1.29 is 22.7 Å². The number of halogens is 4. The summed E-state index contributed by atoms with van der Waals surface area (Å²) in [7, 11) is 0. The van der Waals surface area contributed by atoms with Gasteiger partial charge in [-0.1, -0.05) is 18.2 Å². The van der Waals surface area contributed by atoms with Gasteiger partial charge in [0.25, 0.3) is 0 Å². The zero-order valence-corrected chi connectivity index (χ0v) is 16.6. The number of benzene rings is 2. The van der Waals surface area contributed by atoms with Crippen molar-refractivity contribution in [3.63, 3.8) is 0 Å². The smallest absolute Gasteiger partial charge is 0.417 e. The third-order valence-electron chi connectivity index (χ3n) is 3.94. The lowest BCUT2D eigenvalue weighted by Crippen LogP contribution is -2.19. The molecule has 0 fully saturated rings. The molecule has 4 N–H and O–H groups in total. The molecule has 10 heteroatoms. The summed E-state index contributed by atoms with van der Waals surface area (Å²) in [5.74, 6) is 0.983. The molecule has 1 heterocycles. The van der Waals surface area contributed by atoms with E-state index in [-0.39, 0.29) is 5.69 Å². The lowest BCUT2D eigenvalue weighted by molar-refractivity contribution is -0.137. The molecule has 0 radical (unpaired) electrons. The molecule has 0 spiro atoms. The van der Waals surface area contributed by atoms with E-state index in [2.05, 4.69) is 22.2 Å². The summed E-state index contributed by atoms with van der Waals surface area (Å²) in [6.45, 7) is 3.62. The highest BCUT2D eigenvalue weighted by molar-refractivity contribution is 6.31. The molecule has 0 aliphatic carbocycles. The van der Waals surface area contributed by atoms with Gasteiger partial charge >= 0.3 is 12.2 Å². The van der Waals surface area contributed by atoms with Gasteiger partial charge in [0.2, 0.25) is 0 Å². The number of rotatable bonds is 5. The Morgan fingerprint density at radius 3 is 2.29 bits per heavy atom. The first-order valence-corrected chi connectivity index (χ1v) is 9.13. The predicted octanol–water partition coefficient (Wildman–Crippen LogP) is 6.12. The number of alkyl halides is 3. The number of ether oxygens (including phenoxy) is 1. The van der Waals surface area contributed by atoms with Gasteiger partial charge in [0.05, 0.1) is 22.0 Å². The average Bonchev–Trinajstić information content (AvgIpc) is 2.70. The molecule has 0 saturated carbocycles. The number of urea groups is 1. The molecule has 0 bridgehead atoms. The van der Waals surface area contributed by atoms with Crippen molar-refractivity contribution in [2.75, 3.05) is 10.6 Å². The average molecular weight is 449 g/mol. The van der Waals surface area contributed by atoms with Gasteiger partial charge in [0, 0.05) is 23.6 Å². The molecule has 6 nitrogen and oxygen atoms in total. The van der Waals surface area contributed by atoms with Gasteiger partial charge in [-0.2, -0.15) is 13.2 Å². The van der Waals surface area contributed by atoms with Gasteiger partial charge in [-0.05, 0) is 48.5 Å². The van der Waals surface area contributed by atoms with E-state index in [0.29, 0.717) is 28.6 Å². The number of anilines is 2. The minimum Gasteiger partial charge on any atom is -0.457 e. The molecule has 0 aliphatic heterocycles. The fraction of sp³-hybridized carbons (Fsp3) is 0.0476. The summed E-state index contributed by atoms with van der Waals surface area (Å²) < 4.78 is 44.5. The zero-order valence-electron chi connectivity index (χ0n) is 15.8. The number of hydrogen-bond donors (Lipinski definition) is 3. The second-order valence-corrected chi connectivity index (χ2v) is 6.71. The molecule has 1 aromatic heterocycles. The summed E-state index contributed by atoms with van der Waals surface area (Å²) in [6, 6.07) is 12.0. The van der Waals surface area contributed by atoms with Crippen molar-refractivity contribution in [2.24, 2.45) is 5.73 Å². The van der Waals surface area contributed by atoms with Gasteiger partial charge in [0.15, 0.2) is 0 Å². The summed E-state index contributed by atoms with van der Waals surface area (Å²) >= 11 is 5.57. The Bertz CT molecular complexity index is 1120. The topological polar surface area (TPSA) is 89.3 Å². The van der Waals surface area contributed by atoms with Crippen LogP contribution in [0.15, 0.2) is 67.4 Å². The second kappa shape index (κ2) is 8.97. The van der Waals surface area contributed by atoms with Crippen LogP contribution < -0.4 is 21.1 Å². The van der Waals surface area contributed by atoms with Gasteiger partial charge in [0.1, 0.15) is 11.5 Å². The van der Waals surface area contributed by atoms with E-state index >= 15 is 0 Å². The Morgan fingerprint density at radius 2 is 1.65 bits per heavy atom. The molecule has 3 rings (SSSR count). The number of pyridine rings is 1. The van der Waals surface area contributed by atoms with E-state index < -0.39 is 22.8 Å². The standard InChI is InChI=1S/C21H16ClF3N4O2/c1-12(26)19-11-16(8-9-27-19)31-15-5-2-13(3-6-15)28-20(30)29-14-4-7-18(22)17(10-14)21(23,24)25/h2-11H,1,26H2,(H2,28,29,30). The van der Waals surface area contributed by atoms with Crippen molar-refractivity contribution in [1.29, 1.82) is 0 Å². The van der Waals surface area contributed by atoms with Crippen LogP contribution in [-0.2, 0) is 6.18 Å². The Morgan fingerprint density at radius 1 is 1.00 bits per heavy atom. The maximum Gasteiger partial charge on any atom is 0.417 e. The van der Waals surface area contributed by atoms with Gasteiger partial charge in [-0.25, -0.2) is 4.79 Å². The SMILES string of the molecule is C=C(N)c1cc(Oc2ccc(NC(=O)Nc3ccc(Cl)c(C(F)(F)F)c3)cc2)ccn1. The van der Waals surface area contributed by atoms with Crippen molar-refractivity contribution in [2.45, 2.75) is 6.18 Å². The number of amides is 2. The molecular weight excluding hydrogens is 433 g/mol. The Labute approximate surface area is 180 Å². The minimum absolute atomic E-state index is 0.0517. The van der Waals surface area contributed by atoms with Crippen molar-refractivity contribution in [3.8, 4) is 11.5 Å². The van der Waals surface area contributed by atoms with Gasteiger partial charge in [-0.3, -0.25) is 4.98 Å². The predicted molar refractivity (Wildman–Crippen MR) is 113 cm³/mol. The van der Waals surface area contributed by atoms with Gasteiger partial charge in [-0.15, -0.1) is 0 Å². The molecular formula is C21H16ClF3N4O2. The molecule has 0 saturated heterocycles. The third kappa shape index (κ3) is 5.89. The van der Waals surface area contributed by atoms with E-state index in [1.54, 1.807) is 36.4 Å². The van der Waals surface area contributed by atoms with Crippen LogP contribution >= 0.6 is 11.6 Å². The van der Waals surface area contributed by atoms with Crippen molar-refractivity contribution in [1.82, 2.24) is 4.98 Å². The lowest BCUT2D eigenvalue weighted by Gasteiger charge is -2.12. The molecule has 2 aromatic carbocycles. The highest BCUT2D eigenvalue weighted by Crippen LogP contribution is 2.36. The maximum atomic E-state index is 12.9. The quantitative estimate of drug-likeness (QED) is 0.438. The monoisotopic (exact) mass is 448 g/mol. The lowest BCUT2D eigenvalue weighted by atomic mass is 10.2. The molecule has 0 atom stereocenters. The molecule has 3 aromatic rings. The van der Waals surface area contributed by atoms with Crippen LogP contribution in [0.25, 0.3) is 5.70 Å².